The number of hydrogen-bond acceptors (Lipinski definition) is 3. The summed E-state index contributed by atoms with van der Waals surface area (Å²) in [7, 11) is -2.06. The highest BCUT2D eigenvalue weighted by Crippen LogP contribution is 2.24. The zero-order valence-corrected chi connectivity index (χ0v) is 10.4. The van der Waals surface area contributed by atoms with Gasteiger partial charge < -0.3 is 0 Å². The third-order valence-electron chi connectivity index (χ3n) is 2.26. The Balaban J connectivity index is 2.55. The zero-order chi connectivity index (χ0) is 12.0. The molecule has 0 aliphatic carbocycles. The predicted molar refractivity (Wildman–Crippen MR) is 63.8 cm³/mol. The van der Waals surface area contributed by atoms with Crippen molar-refractivity contribution in [2.75, 3.05) is 0 Å². The van der Waals surface area contributed by atoms with Crippen LogP contribution >= 0.6 is 8.03 Å². The minimum absolute atomic E-state index is 0.187. The molecule has 0 aliphatic heterocycles. The quantitative estimate of drug-likeness (QED) is 0.742. The Labute approximate surface area is 96.7 Å². The maximum atomic E-state index is 11.7. The van der Waals surface area contributed by atoms with Gasteiger partial charge in [0.1, 0.15) is 0 Å². The van der Waals surface area contributed by atoms with Crippen LogP contribution in [0.2, 0.25) is 0 Å². The third kappa shape index (κ3) is 3.74. The maximum Gasteiger partial charge on any atom is 0.600 e. The zero-order valence-electron chi connectivity index (χ0n) is 9.55. The highest BCUT2D eigenvalue weighted by molar-refractivity contribution is 7.48. The van der Waals surface area contributed by atoms with E-state index in [9.17, 15) is 9.36 Å². The first-order valence-electron chi connectivity index (χ1n) is 5.39. The Morgan fingerprint density at radius 3 is 2.56 bits per heavy atom. The highest BCUT2D eigenvalue weighted by Gasteiger charge is 2.29. The summed E-state index contributed by atoms with van der Waals surface area (Å²) in [6, 6.07) is 8.75. The van der Waals surface area contributed by atoms with Crippen molar-refractivity contribution in [3.8, 4) is 0 Å². The van der Waals surface area contributed by atoms with Crippen molar-refractivity contribution < 1.29 is 13.9 Å². The van der Waals surface area contributed by atoms with Gasteiger partial charge in [0, 0.05) is 0 Å². The number of benzene rings is 1. The summed E-state index contributed by atoms with van der Waals surface area (Å²) in [5.74, 6) is -0.570. The molecule has 2 atom stereocenters. The van der Waals surface area contributed by atoms with E-state index in [2.05, 4.69) is 0 Å². The van der Waals surface area contributed by atoms with Crippen LogP contribution < -0.4 is 5.30 Å². The summed E-state index contributed by atoms with van der Waals surface area (Å²) in [6.07, 6.45) is 1.68. The lowest BCUT2D eigenvalue weighted by Gasteiger charge is -2.02. The number of rotatable bonds is 5. The minimum Gasteiger partial charge on any atom is -0.246 e. The van der Waals surface area contributed by atoms with E-state index in [1.807, 2.05) is 13.0 Å². The first-order valence-corrected chi connectivity index (χ1v) is 6.57. The second-order valence-corrected chi connectivity index (χ2v) is 4.91. The first kappa shape index (κ1) is 12.9. The van der Waals surface area contributed by atoms with Crippen molar-refractivity contribution >= 4 is 19.3 Å². The molecular weight excluding hydrogens is 223 g/mol. The summed E-state index contributed by atoms with van der Waals surface area (Å²) in [5.41, 5.74) is 0. The highest BCUT2D eigenvalue weighted by atomic mass is 31.1. The number of carbonyl (C=O) groups excluding carboxylic acids is 1. The standard InChI is InChI=1S/C12H16O3P/c1-3-7-10(2)12(13)15-16(14)11-8-5-4-6-9-11/h4-6,8-10H,3,7H2,1-2H3/q+1. The average Bonchev–Trinajstić information content (AvgIpc) is 2.30. The average molecular weight is 239 g/mol. The summed E-state index contributed by atoms with van der Waals surface area (Å²) >= 11 is 0. The van der Waals surface area contributed by atoms with Gasteiger partial charge in [-0.3, -0.25) is 0 Å². The maximum absolute atomic E-state index is 11.7. The van der Waals surface area contributed by atoms with Gasteiger partial charge in [0.15, 0.2) is 0 Å². The van der Waals surface area contributed by atoms with E-state index in [4.69, 9.17) is 4.52 Å². The van der Waals surface area contributed by atoms with Gasteiger partial charge in [-0.25, -0.2) is 9.32 Å². The van der Waals surface area contributed by atoms with Gasteiger partial charge in [0.05, 0.1) is 5.92 Å². The molecule has 0 spiro atoms. The lowest BCUT2D eigenvalue weighted by atomic mass is 10.1. The SMILES string of the molecule is CCCC(C)C(=O)O[P+](=O)c1ccccc1. The molecule has 0 saturated heterocycles. The van der Waals surface area contributed by atoms with Crippen LogP contribution in [-0.2, 0) is 13.9 Å². The fourth-order valence-electron chi connectivity index (χ4n) is 1.32. The fraction of sp³-hybridized carbons (Fsp3) is 0.417. The van der Waals surface area contributed by atoms with Crippen LogP contribution in [0.15, 0.2) is 30.3 Å². The van der Waals surface area contributed by atoms with Gasteiger partial charge in [-0.05, 0) is 23.1 Å². The Bertz CT molecular complexity index is 362. The van der Waals surface area contributed by atoms with E-state index in [1.54, 1.807) is 31.2 Å². The molecule has 1 aromatic rings. The van der Waals surface area contributed by atoms with Crippen LogP contribution in [0.4, 0.5) is 0 Å². The van der Waals surface area contributed by atoms with E-state index in [1.165, 1.54) is 0 Å². The van der Waals surface area contributed by atoms with Crippen LogP contribution in [0.25, 0.3) is 0 Å². The van der Waals surface area contributed by atoms with E-state index >= 15 is 0 Å². The van der Waals surface area contributed by atoms with Crippen molar-refractivity contribution in [1.29, 1.82) is 0 Å². The van der Waals surface area contributed by atoms with Crippen LogP contribution in [0.1, 0.15) is 26.7 Å². The summed E-state index contributed by atoms with van der Waals surface area (Å²) in [5, 5.41) is 0.551. The molecule has 1 rings (SSSR count). The molecule has 0 N–H and O–H groups in total. The van der Waals surface area contributed by atoms with Gasteiger partial charge in [0.25, 0.3) is 0 Å². The predicted octanol–water partition coefficient (Wildman–Crippen LogP) is 3.03. The molecule has 0 saturated carbocycles. The molecular formula is C12H16O3P+. The molecule has 0 fully saturated rings. The van der Waals surface area contributed by atoms with E-state index in [0.29, 0.717) is 5.30 Å². The molecule has 86 valence electrons. The Morgan fingerprint density at radius 2 is 2.00 bits per heavy atom. The van der Waals surface area contributed by atoms with Crippen molar-refractivity contribution in [2.45, 2.75) is 26.7 Å². The molecule has 3 nitrogen and oxygen atoms in total. The molecule has 1 aromatic carbocycles. The van der Waals surface area contributed by atoms with E-state index in [0.717, 1.165) is 12.8 Å². The Kier molecular flexibility index (Phi) is 5.13. The molecule has 16 heavy (non-hydrogen) atoms. The summed E-state index contributed by atoms with van der Waals surface area (Å²) < 4.78 is 16.6. The monoisotopic (exact) mass is 239 g/mol. The number of hydrogen-bond donors (Lipinski definition) is 0. The first-order chi connectivity index (χ1) is 7.65. The topological polar surface area (TPSA) is 43.4 Å². The normalized spacial score (nSPS) is 13.0. The molecule has 4 heteroatoms. The molecule has 0 bridgehead atoms. The molecule has 0 aliphatic rings. The smallest absolute Gasteiger partial charge is 0.246 e. The Hall–Kier alpha value is -1.21. The summed E-state index contributed by atoms with van der Waals surface area (Å²) in [6.45, 7) is 3.79. The Morgan fingerprint density at radius 1 is 1.38 bits per heavy atom. The van der Waals surface area contributed by atoms with Gasteiger partial charge in [-0.15, -0.1) is 0 Å². The van der Waals surface area contributed by atoms with Crippen LogP contribution in [-0.4, -0.2) is 5.97 Å². The van der Waals surface area contributed by atoms with Crippen molar-refractivity contribution in [3.05, 3.63) is 30.3 Å². The van der Waals surface area contributed by atoms with Crippen molar-refractivity contribution in [1.82, 2.24) is 0 Å². The lowest BCUT2D eigenvalue weighted by Crippen LogP contribution is -2.13. The van der Waals surface area contributed by atoms with Gasteiger partial charge in [-0.2, -0.15) is 0 Å². The molecule has 2 unspecified atom stereocenters. The van der Waals surface area contributed by atoms with Gasteiger partial charge in [0.2, 0.25) is 5.30 Å². The molecule has 0 aromatic heterocycles. The van der Waals surface area contributed by atoms with Gasteiger partial charge in [-0.1, -0.05) is 38.5 Å². The second-order valence-electron chi connectivity index (χ2n) is 3.69. The third-order valence-corrected chi connectivity index (χ3v) is 3.33. The summed E-state index contributed by atoms with van der Waals surface area (Å²) in [4.78, 5) is 11.5. The second kappa shape index (κ2) is 6.39. The van der Waals surface area contributed by atoms with E-state index in [-0.39, 0.29) is 11.9 Å². The molecule has 0 heterocycles. The molecule has 0 radical (unpaired) electrons. The minimum atomic E-state index is -2.06. The van der Waals surface area contributed by atoms with Crippen LogP contribution in [0, 0.1) is 5.92 Å². The van der Waals surface area contributed by atoms with Gasteiger partial charge >= 0.3 is 14.0 Å². The lowest BCUT2D eigenvalue weighted by molar-refractivity contribution is -0.137. The molecule has 0 amide bonds. The van der Waals surface area contributed by atoms with Crippen molar-refractivity contribution in [2.24, 2.45) is 5.92 Å². The van der Waals surface area contributed by atoms with Crippen molar-refractivity contribution in [3.63, 3.8) is 0 Å². The van der Waals surface area contributed by atoms with Crippen LogP contribution in [0.3, 0.4) is 0 Å². The van der Waals surface area contributed by atoms with Crippen LogP contribution in [0.5, 0.6) is 0 Å². The number of carbonyl (C=O) groups is 1. The largest absolute Gasteiger partial charge is 0.600 e. The van der Waals surface area contributed by atoms with E-state index < -0.39 is 8.03 Å². The fourth-order valence-corrected chi connectivity index (χ4v) is 2.19.